The van der Waals surface area contributed by atoms with E-state index in [0.717, 1.165) is 55.6 Å². The Kier molecular flexibility index (Phi) is 6.64. The molecule has 0 bridgehead atoms. The highest BCUT2D eigenvalue weighted by Crippen LogP contribution is 2.55. The Balaban J connectivity index is 1.25. The van der Waals surface area contributed by atoms with Gasteiger partial charge in [-0.2, -0.15) is 10.2 Å². The quantitative estimate of drug-likeness (QED) is 0.334. The predicted octanol–water partition coefficient (Wildman–Crippen LogP) is 4.80. The first-order valence-electron chi connectivity index (χ1n) is 13.2. The zero-order chi connectivity index (χ0) is 27.1. The standard InChI is InChI=1S/C29H31ClN6O3/c1-3-27(38)34-10-7-29(8-11-34)13-21(14-29)36-19(2)22(15-33-36)20-12-25(28-23(30)16-32-35(28)17-20)39-26(18-37)24-6-4-5-9-31-24/h3-6,9,12,15-17,21,26,37H,1,7-8,10-11,13-14,18H2,2H3. The molecule has 5 heterocycles. The van der Waals surface area contributed by atoms with Crippen molar-refractivity contribution in [1.29, 1.82) is 0 Å². The van der Waals surface area contributed by atoms with Crippen LogP contribution in [0.5, 0.6) is 5.75 Å². The third-order valence-electron chi connectivity index (χ3n) is 8.33. The molecule has 10 heteroatoms. The molecule has 1 atom stereocenters. The summed E-state index contributed by atoms with van der Waals surface area (Å²) in [5.74, 6) is 0.535. The zero-order valence-electron chi connectivity index (χ0n) is 21.8. The second-order valence-corrected chi connectivity index (χ2v) is 11.0. The molecule has 202 valence electrons. The number of aliphatic hydroxyl groups excluding tert-OH is 1. The lowest BCUT2D eigenvalue weighted by atomic mass is 9.60. The minimum absolute atomic E-state index is 0.0254. The van der Waals surface area contributed by atoms with Gasteiger partial charge in [-0.25, -0.2) is 4.52 Å². The maximum Gasteiger partial charge on any atom is 0.245 e. The van der Waals surface area contributed by atoms with Crippen molar-refractivity contribution < 1.29 is 14.6 Å². The molecule has 9 nitrogen and oxygen atoms in total. The zero-order valence-corrected chi connectivity index (χ0v) is 22.6. The number of rotatable bonds is 7. The van der Waals surface area contributed by atoms with Gasteiger partial charge >= 0.3 is 0 Å². The van der Waals surface area contributed by atoms with Gasteiger partial charge in [-0.3, -0.25) is 14.5 Å². The van der Waals surface area contributed by atoms with E-state index in [-0.39, 0.29) is 17.9 Å². The van der Waals surface area contributed by atoms with Crippen molar-refractivity contribution in [1.82, 2.24) is 29.3 Å². The normalized spacial score (nSPS) is 17.8. The number of aromatic nitrogens is 5. The van der Waals surface area contributed by atoms with Crippen LogP contribution in [0.2, 0.25) is 5.02 Å². The molecule has 4 aromatic heterocycles. The number of hydrogen-bond donors (Lipinski definition) is 1. The average molecular weight is 547 g/mol. The minimum atomic E-state index is -0.653. The van der Waals surface area contributed by atoms with Crippen LogP contribution < -0.4 is 4.74 Å². The van der Waals surface area contributed by atoms with Gasteiger partial charge in [-0.15, -0.1) is 0 Å². The lowest BCUT2D eigenvalue weighted by Gasteiger charge is -2.52. The molecular formula is C29H31ClN6O3. The summed E-state index contributed by atoms with van der Waals surface area (Å²) in [6.45, 7) is 7.05. The van der Waals surface area contributed by atoms with E-state index in [2.05, 4.69) is 28.3 Å². The monoisotopic (exact) mass is 546 g/mol. The number of pyridine rings is 2. The second-order valence-electron chi connectivity index (χ2n) is 10.6. The van der Waals surface area contributed by atoms with Gasteiger partial charge in [0, 0.05) is 42.3 Å². The van der Waals surface area contributed by atoms with E-state index < -0.39 is 6.10 Å². The highest BCUT2D eigenvalue weighted by Gasteiger charge is 2.47. The van der Waals surface area contributed by atoms with Crippen LogP contribution in [0.15, 0.2) is 61.7 Å². The first-order valence-corrected chi connectivity index (χ1v) is 13.6. The Morgan fingerprint density at radius 3 is 2.77 bits per heavy atom. The molecule has 2 aliphatic rings. The van der Waals surface area contributed by atoms with Crippen LogP contribution in [0, 0.1) is 12.3 Å². The van der Waals surface area contributed by atoms with Crippen molar-refractivity contribution in [2.24, 2.45) is 5.41 Å². The third kappa shape index (κ3) is 4.59. The van der Waals surface area contributed by atoms with Crippen molar-refractivity contribution in [3.05, 3.63) is 78.1 Å². The Morgan fingerprint density at radius 2 is 2.08 bits per heavy atom. The molecule has 0 radical (unpaired) electrons. The molecule has 2 fully saturated rings. The summed E-state index contributed by atoms with van der Waals surface area (Å²) in [5, 5.41) is 19.7. The molecular weight excluding hydrogens is 516 g/mol. The Morgan fingerprint density at radius 1 is 1.28 bits per heavy atom. The van der Waals surface area contributed by atoms with Gasteiger partial charge in [0.2, 0.25) is 5.91 Å². The van der Waals surface area contributed by atoms with Crippen molar-refractivity contribution in [2.75, 3.05) is 19.7 Å². The molecule has 1 aliphatic heterocycles. The molecule has 1 unspecified atom stereocenters. The van der Waals surface area contributed by atoms with E-state index in [1.165, 1.54) is 6.08 Å². The van der Waals surface area contributed by atoms with Crippen LogP contribution in [0.25, 0.3) is 16.6 Å². The second kappa shape index (κ2) is 10.1. The number of ether oxygens (including phenoxy) is 1. The molecule has 1 spiro atoms. The number of fused-ring (bicyclic) bond motifs is 1. The van der Waals surface area contributed by atoms with Crippen LogP contribution in [-0.2, 0) is 4.79 Å². The van der Waals surface area contributed by atoms with Crippen LogP contribution in [-0.4, -0.2) is 60.0 Å². The maximum atomic E-state index is 12.0. The third-order valence-corrected chi connectivity index (χ3v) is 8.61. The fourth-order valence-corrected chi connectivity index (χ4v) is 6.35. The molecule has 1 amide bonds. The molecule has 1 N–H and O–H groups in total. The van der Waals surface area contributed by atoms with Gasteiger partial charge in [-0.05, 0) is 62.3 Å². The summed E-state index contributed by atoms with van der Waals surface area (Å²) in [6.07, 6.45) is 12.0. The number of halogens is 1. The molecule has 1 saturated carbocycles. The van der Waals surface area contributed by atoms with Gasteiger partial charge in [0.15, 0.2) is 6.10 Å². The van der Waals surface area contributed by atoms with Crippen LogP contribution >= 0.6 is 11.6 Å². The van der Waals surface area contributed by atoms with Crippen LogP contribution in [0.1, 0.15) is 49.2 Å². The first kappa shape index (κ1) is 25.6. The number of carbonyl (C=O) groups excluding carboxylic acids is 1. The number of piperidine rings is 1. The van der Waals surface area contributed by atoms with E-state index in [9.17, 15) is 9.90 Å². The Bertz CT molecular complexity index is 1510. The van der Waals surface area contributed by atoms with E-state index in [1.807, 2.05) is 41.6 Å². The number of likely N-dealkylation sites (tertiary alicyclic amines) is 1. The maximum absolute atomic E-state index is 12.0. The van der Waals surface area contributed by atoms with Gasteiger partial charge in [0.05, 0.1) is 35.8 Å². The average Bonchev–Trinajstić information content (AvgIpc) is 3.52. The largest absolute Gasteiger partial charge is 0.479 e. The lowest BCUT2D eigenvalue weighted by molar-refractivity contribution is -0.130. The van der Waals surface area contributed by atoms with Gasteiger partial charge in [0.25, 0.3) is 0 Å². The lowest BCUT2D eigenvalue weighted by Crippen LogP contribution is -2.49. The highest BCUT2D eigenvalue weighted by molar-refractivity contribution is 6.34. The van der Waals surface area contributed by atoms with E-state index in [4.69, 9.17) is 21.4 Å². The summed E-state index contributed by atoms with van der Waals surface area (Å²) in [4.78, 5) is 18.2. The number of hydrogen-bond acceptors (Lipinski definition) is 6. The number of carbonyl (C=O) groups is 1. The number of amides is 1. The molecule has 1 aliphatic carbocycles. The minimum Gasteiger partial charge on any atom is -0.479 e. The molecule has 1 saturated heterocycles. The fourth-order valence-electron chi connectivity index (χ4n) is 6.12. The van der Waals surface area contributed by atoms with Gasteiger partial charge in [-0.1, -0.05) is 24.2 Å². The summed E-state index contributed by atoms with van der Waals surface area (Å²) in [7, 11) is 0. The SMILES string of the molecule is C=CC(=O)N1CCC2(CC1)CC(n1ncc(-c3cc(OC(CO)c4ccccn4)c4c(Cl)cnn4c3)c1C)C2. The van der Waals surface area contributed by atoms with Crippen molar-refractivity contribution >= 4 is 23.0 Å². The van der Waals surface area contributed by atoms with Crippen LogP contribution in [0.3, 0.4) is 0 Å². The number of aliphatic hydroxyl groups is 1. The summed E-state index contributed by atoms with van der Waals surface area (Å²) < 4.78 is 10.1. The van der Waals surface area contributed by atoms with Gasteiger partial charge < -0.3 is 14.7 Å². The first-order chi connectivity index (χ1) is 18.9. The molecule has 39 heavy (non-hydrogen) atoms. The topological polar surface area (TPSA) is 97.8 Å². The van der Waals surface area contributed by atoms with Gasteiger partial charge in [0.1, 0.15) is 11.3 Å². The molecule has 4 aromatic rings. The fraction of sp³-hybridized carbons (Fsp3) is 0.379. The predicted molar refractivity (Wildman–Crippen MR) is 148 cm³/mol. The molecule has 6 rings (SSSR count). The van der Waals surface area contributed by atoms with Crippen molar-refractivity contribution in [3.63, 3.8) is 0 Å². The number of nitrogens with zero attached hydrogens (tertiary/aromatic N) is 6. The summed E-state index contributed by atoms with van der Waals surface area (Å²) >= 11 is 6.47. The Labute approximate surface area is 231 Å². The smallest absolute Gasteiger partial charge is 0.245 e. The van der Waals surface area contributed by atoms with Crippen molar-refractivity contribution in [2.45, 2.75) is 44.8 Å². The highest BCUT2D eigenvalue weighted by atomic mass is 35.5. The van der Waals surface area contributed by atoms with E-state index in [0.29, 0.717) is 28.0 Å². The van der Waals surface area contributed by atoms with Crippen molar-refractivity contribution in [3.8, 4) is 16.9 Å². The molecule has 0 aromatic carbocycles. The van der Waals surface area contributed by atoms with E-state index >= 15 is 0 Å². The summed E-state index contributed by atoms with van der Waals surface area (Å²) in [6, 6.07) is 7.76. The van der Waals surface area contributed by atoms with Crippen LogP contribution in [0.4, 0.5) is 0 Å². The summed E-state index contributed by atoms with van der Waals surface area (Å²) in [5.41, 5.74) is 4.49. The Hall–Kier alpha value is -3.69. The van der Waals surface area contributed by atoms with E-state index in [1.54, 1.807) is 16.9 Å².